The van der Waals surface area contributed by atoms with Gasteiger partial charge >= 0.3 is 0 Å². The van der Waals surface area contributed by atoms with Crippen molar-refractivity contribution in [1.29, 1.82) is 0 Å². The number of carbonyl (C=O) groups excluding carboxylic acids is 1. The van der Waals surface area contributed by atoms with Gasteiger partial charge in [0.15, 0.2) is 5.96 Å². The molecule has 2 heterocycles. The molecule has 0 spiro atoms. The van der Waals surface area contributed by atoms with Gasteiger partial charge in [0, 0.05) is 32.2 Å². The summed E-state index contributed by atoms with van der Waals surface area (Å²) in [7, 11) is 1.78. The standard InChI is InChI=1S/C24H35N5O2/c1-3-9-23(30)28-20-11-7-10-19(16-20)17-26-24(25-2)27-18-21(22-12-8-15-31-22)29-13-5-4-6-14-29/h7-8,10-12,15-16,21H,3-6,9,13-14,17-18H2,1-2H3,(H,28,30)(H2,25,26,27). The van der Waals surface area contributed by atoms with Crippen molar-refractivity contribution in [3.05, 3.63) is 54.0 Å². The summed E-state index contributed by atoms with van der Waals surface area (Å²) in [6, 6.07) is 12.1. The fourth-order valence-electron chi connectivity index (χ4n) is 3.93. The molecule has 1 saturated heterocycles. The van der Waals surface area contributed by atoms with Gasteiger partial charge in [0.05, 0.1) is 12.3 Å². The van der Waals surface area contributed by atoms with Crippen LogP contribution in [0, 0.1) is 0 Å². The molecule has 2 aromatic rings. The normalized spacial score (nSPS) is 16.0. The third-order valence-corrected chi connectivity index (χ3v) is 5.54. The van der Waals surface area contributed by atoms with Gasteiger partial charge in [-0.15, -0.1) is 0 Å². The predicted molar refractivity (Wildman–Crippen MR) is 125 cm³/mol. The molecule has 7 heteroatoms. The van der Waals surface area contributed by atoms with Gasteiger partial charge in [-0.1, -0.05) is 25.5 Å². The quantitative estimate of drug-likeness (QED) is 0.419. The SMILES string of the molecule is CCCC(=O)Nc1cccc(CNC(=NC)NCC(c2ccco2)N2CCCCC2)c1. The van der Waals surface area contributed by atoms with Crippen molar-refractivity contribution < 1.29 is 9.21 Å². The van der Waals surface area contributed by atoms with E-state index in [1.807, 2.05) is 37.3 Å². The van der Waals surface area contributed by atoms with Gasteiger partial charge in [-0.25, -0.2) is 0 Å². The van der Waals surface area contributed by atoms with E-state index in [-0.39, 0.29) is 11.9 Å². The molecular weight excluding hydrogens is 390 g/mol. The van der Waals surface area contributed by atoms with Gasteiger partial charge < -0.3 is 20.4 Å². The lowest BCUT2D eigenvalue weighted by atomic mass is 10.1. The van der Waals surface area contributed by atoms with E-state index in [0.717, 1.165) is 49.0 Å². The summed E-state index contributed by atoms with van der Waals surface area (Å²) in [5.74, 6) is 1.78. The second-order valence-corrected chi connectivity index (χ2v) is 7.93. The molecule has 1 aliphatic heterocycles. The van der Waals surface area contributed by atoms with E-state index in [2.05, 4.69) is 31.9 Å². The molecule has 1 aromatic heterocycles. The van der Waals surface area contributed by atoms with Crippen LogP contribution in [0.5, 0.6) is 0 Å². The maximum atomic E-state index is 11.8. The summed E-state index contributed by atoms with van der Waals surface area (Å²) in [5, 5.41) is 9.78. The zero-order valence-electron chi connectivity index (χ0n) is 18.7. The van der Waals surface area contributed by atoms with E-state index in [4.69, 9.17) is 4.42 Å². The van der Waals surface area contributed by atoms with Gasteiger partial charge in [0.2, 0.25) is 5.91 Å². The molecule has 1 unspecified atom stereocenters. The highest BCUT2D eigenvalue weighted by Gasteiger charge is 2.24. The Balaban J connectivity index is 1.54. The summed E-state index contributed by atoms with van der Waals surface area (Å²) < 4.78 is 5.73. The van der Waals surface area contributed by atoms with E-state index in [9.17, 15) is 4.79 Å². The van der Waals surface area contributed by atoms with Gasteiger partial charge in [-0.05, 0) is 62.2 Å². The second kappa shape index (κ2) is 12.2. The number of nitrogens with one attached hydrogen (secondary N) is 3. The maximum absolute atomic E-state index is 11.8. The monoisotopic (exact) mass is 425 g/mol. The minimum atomic E-state index is 0.0479. The molecule has 0 radical (unpaired) electrons. The topological polar surface area (TPSA) is 81.9 Å². The molecule has 0 bridgehead atoms. The van der Waals surface area contributed by atoms with Crippen LogP contribution in [0.15, 0.2) is 52.1 Å². The lowest BCUT2D eigenvalue weighted by Crippen LogP contribution is -2.44. The van der Waals surface area contributed by atoms with Crippen LogP contribution in [0.3, 0.4) is 0 Å². The van der Waals surface area contributed by atoms with E-state index in [1.54, 1.807) is 13.3 Å². The zero-order chi connectivity index (χ0) is 21.9. The van der Waals surface area contributed by atoms with Crippen molar-refractivity contribution in [2.45, 2.75) is 51.6 Å². The molecular formula is C24H35N5O2. The Morgan fingerprint density at radius 2 is 2.00 bits per heavy atom. The number of hydrogen-bond donors (Lipinski definition) is 3. The molecule has 0 saturated carbocycles. The zero-order valence-corrected chi connectivity index (χ0v) is 18.7. The maximum Gasteiger partial charge on any atom is 0.224 e. The first-order valence-electron chi connectivity index (χ1n) is 11.3. The lowest BCUT2D eigenvalue weighted by Gasteiger charge is -2.33. The summed E-state index contributed by atoms with van der Waals surface area (Å²) in [6.45, 7) is 5.53. The van der Waals surface area contributed by atoms with Crippen molar-refractivity contribution in [3.63, 3.8) is 0 Å². The molecule has 0 aliphatic carbocycles. The van der Waals surface area contributed by atoms with Gasteiger partial charge in [-0.2, -0.15) is 0 Å². The van der Waals surface area contributed by atoms with Gasteiger partial charge in [0.25, 0.3) is 0 Å². The number of anilines is 1. The number of piperidine rings is 1. The van der Waals surface area contributed by atoms with Crippen LogP contribution in [-0.2, 0) is 11.3 Å². The Hall–Kier alpha value is -2.80. The molecule has 1 aromatic carbocycles. The van der Waals surface area contributed by atoms with Crippen LogP contribution in [0.25, 0.3) is 0 Å². The van der Waals surface area contributed by atoms with Crippen LogP contribution in [-0.4, -0.2) is 43.4 Å². The molecule has 3 N–H and O–H groups in total. The molecule has 1 fully saturated rings. The number of furan rings is 1. The Morgan fingerprint density at radius 1 is 1.16 bits per heavy atom. The second-order valence-electron chi connectivity index (χ2n) is 7.93. The minimum absolute atomic E-state index is 0.0479. The lowest BCUT2D eigenvalue weighted by molar-refractivity contribution is -0.116. The number of amides is 1. The highest BCUT2D eigenvalue weighted by molar-refractivity contribution is 5.90. The first-order chi connectivity index (χ1) is 15.2. The van der Waals surface area contributed by atoms with E-state index in [0.29, 0.717) is 13.0 Å². The van der Waals surface area contributed by atoms with Crippen molar-refractivity contribution in [2.24, 2.45) is 4.99 Å². The van der Waals surface area contributed by atoms with Crippen LogP contribution in [0.2, 0.25) is 0 Å². The number of benzene rings is 1. The Labute approximate surface area is 185 Å². The number of hydrogen-bond acceptors (Lipinski definition) is 4. The predicted octanol–water partition coefficient (Wildman–Crippen LogP) is 3.91. The number of carbonyl (C=O) groups is 1. The van der Waals surface area contributed by atoms with Gasteiger partial charge in [-0.3, -0.25) is 14.7 Å². The third kappa shape index (κ3) is 7.14. The van der Waals surface area contributed by atoms with Crippen LogP contribution in [0.1, 0.15) is 56.4 Å². The van der Waals surface area contributed by atoms with Crippen molar-refractivity contribution in [3.8, 4) is 0 Å². The van der Waals surface area contributed by atoms with E-state index < -0.39 is 0 Å². The summed E-state index contributed by atoms with van der Waals surface area (Å²) in [6.07, 6.45) is 6.88. The van der Waals surface area contributed by atoms with Crippen molar-refractivity contribution in [2.75, 3.05) is 32.0 Å². The average Bonchev–Trinajstić information content (AvgIpc) is 3.32. The fourth-order valence-corrected chi connectivity index (χ4v) is 3.93. The van der Waals surface area contributed by atoms with Crippen LogP contribution in [0.4, 0.5) is 5.69 Å². The molecule has 31 heavy (non-hydrogen) atoms. The number of guanidine groups is 1. The van der Waals surface area contributed by atoms with Crippen molar-refractivity contribution in [1.82, 2.24) is 15.5 Å². The van der Waals surface area contributed by atoms with Gasteiger partial charge in [0.1, 0.15) is 5.76 Å². The van der Waals surface area contributed by atoms with E-state index in [1.165, 1.54) is 19.3 Å². The molecule has 1 amide bonds. The highest BCUT2D eigenvalue weighted by atomic mass is 16.3. The van der Waals surface area contributed by atoms with Crippen LogP contribution >= 0.6 is 0 Å². The number of aliphatic imine (C=N–C) groups is 1. The first-order valence-corrected chi connectivity index (χ1v) is 11.3. The van der Waals surface area contributed by atoms with E-state index >= 15 is 0 Å². The average molecular weight is 426 g/mol. The Morgan fingerprint density at radius 3 is 2.71 bits per heavy atom. The highest BCUT2D eigenvalue weighted by Crippen LogP contribution is 2.24. The molecule has 3 rings (SSSR count). The minimum Gasteiger partial charge on any atom is -0.468 e. The molecule has 1 atom stereocenters. The Bertz CT molecular complexity index is 828. The molecule has 168 valence electrons. The Kier molecular flexibility index (Phi) is 8.97. The first kappa shape index (κ1) is 22.9. The third-order valence-electron chi connectivity index (χ3n) is 5.54. The molecule has 1 aliphatic rings. The smallest absolute Gasteiger partial charge is 0.224 e. The van der Waals surface area contributed by atoms with Crippen molar-refractivity contribution >= 4 is 17.6 Å². The van der Waals surface area contributed by atoms with Crippen LogP contribution < -0.4 is 16.0 Å². The number of likely N-dealkylation sites (tertiary alicyclic amines) is 1. The molecule has 7 nitrogen and oxygen atoms in total. The number of rotatable bonds is 9. The summed E-state index contributed by atoms with van der Waals surface area (Å²) in [4.78, 5) is 18.7. The summed E-state index contributed by atoms with van der Waals surface area (Å²) in [5.41, 5.74) is 1.90. The summed E-state index contributed by atoms with van der Waals surface area (Å²) >= 11 is 0. The largest absolute Gasteiger partial charge is 0.468 e. The number of nitrogens with zero attached hydrogens (tertiary/aromatic N) is 2. The fraction of sp³-hybridized carbons (Fsp3) is 0.500.